The Kier molecular flexibility index (Phi) is 5.72. The third kappa shape index (κ3) is 4.62. The zero-order valence-electron chi connectivity index (χ0n) is 14.2. The highest BCUT2D eigenvalue weighted by Gasteiger charge is 2.22. The normalized spacial score (nSPS) is 14.9. The molecule has 1 N–H and O–H groups in total. The predicted molar refractivity (Wildman–Crippen MR) is 94.4 cm³/mol. The second-order valence-corrected chi connectivity index (χ2v) is 6.04. The zero-order chi connectivity index (χ0) is 17.5. The van der Waals surface area contributed by atoms with Crippen LogP contribution in [0.2, 0.25) is 0 Å². The molecule has 0 saturated carbocycles. The highest BCUT2D eigenvalue weighted by molar-refractivity contribution is 5.94. The summed E-state index contributed by atoms with van der Waals surface area (Å²) in [6.07, 6.45) is 4.59. The summed E-state index contributed by atoms with van der Waals surface area (Å²) in [5.74, 6) is 0.865. The number of hydrogen-bond acceptors (Lipinski definition) is 3. The first-order valence-corrected chi connectivity index (χ1v) is 8.62. The topological polar surface area (TPSA) is 65.6 Å². The third-order valence-electron chi connectivity index (χ3n) is 4.31. The van der Waals surface area contributed by atoms with Crippen molar-refractivity contribution >= 4 is 11.8 Å². The van der Waals surface area contributed by atoms with Crippen LogP contribution >= 0.6 is 0 Å². The van der Waals surface area contributed by atoms with Crippen LogP contribution in [0.15, 0.2) is 48.8 Å². The lowest BCUT2D eigenvalue weighted by Gasteiger charge is -2.22. The number of hydrogen-bond donors (Lipinski definition) is 1. The van der Waals surface area contributed by atoms with Gasteiger partial charge in [-0.3, -0.25) is 9.59 Å². The van der Waals surface area contributed by atoms with Crippen LogP contribution in [0.25, 0.3) is 0 Å². The summed E-state index contributed by atoms with van der Waals surface area (Å²) >= 11 is 0. The number of amides is 2. The molecule has 0 spiro atoms. The number of nitrogens with one attached hydrogen (secondary N) is 1. The van der Waals surface area contributed by atoms with Crippen LogP contribution < -0.4 is 4.74 Å². The summed E-state index contributed by atoms with van der Waals surface area (Å²) in [5, 5.41) is 0. The Morgan fingerprint density at radius 3 is 2.52 bits per heavy atom. The van der Waals surface area contributed by atoms with E-state index in [4.69, 9.17) is 4.74 Å². The molecule has 0 atom stereocenters. The average Bonchev–Trinajstić information content (AvgIpc) is 3.06. The van der Waals surface area contributed by atoms with Crippen molar-refractivity contribution in [1.82, 2.24) is 14.8 Å². The number of H-pyrrole nitrogens is 1. The summed E-state index contributed by atoms with van der Waals surface area (Å²) in [5.41, 5.74) is 0.663. The van der Waals surface area contributed by atoms with Crippen LogP contribution in [-0.4, -0.2) is 59.4 Å². The molecule has 1 aliphatic heterocycles. The highest BCUT2D eigenvalue weighted by atomic mass is 16.5. The number of ether oxygens (including phenoxy) is 1. The molecule has 1 saturated heterocycles. The number of aromatic amines is 1. The van der Waals surface area contributed by atoms with E-state index in [1.165, 1.54) is 0 Å². The smallest absolute Gasteiger partial charge is 0.255 e. The molecule has 2 heterocycles. The van der Waals surface area contributed by atoms with Crippen molar-refractivity contribution in [2.24, 2.45) is 0 Å². The monoisotopic (exact) mass is 341 g/mol. The molecule has 132 valence electrons. The minimum absolute atomic E-state index is 0.0166. The number of nitrogens with zero attached hydrogens (tertiary/aromatic N) is 2. The fourth-order valence-electron chi connectivity index (χ4n) is 2.94. The third-order valence-corrected chi connectivity index (χ3v) is 4.31. The molecule has 0 aliphatic carbocycles. The van der Waals surface area contributed by atoms with Gasteiger partial charge in [0.05, 0.1) is 18.6 Å². The Hall–Kier alpha value is -2.76. The Morgan fingerprint density at radius 2 is 1.76 bits per heavy atom. The minimum atomic E-state index is 0.0166. The summed E-state index contributed by atoms with van der Waals surface area (Å²) < 4.78 is 5.59. The first-order valence-electron chi connectivity index (χ1n) is 8.62. The number of carbonyl (C=O) groups excluding carboxylic acids is 2. The van der Waals surface area contributed by atoms with Crippen molar-refractivity contribution in [2.45, 2.75) is 12.8 Å². The largest absolute Gasteiger partial charge is 0.493 e. The standard InChI is InChI=1S/C19H23N3O3/c23-18(8-14-25-17-5-2-1-3-6-17)21-10-4-11-22(13-12-21)19(24)16-7-9-20-15-16/h1-3,5-7,9,15,20H,4,8,10-14H2. The highest BCUT2D eigenvalue weighted by Crippen LogP contribution is 2.11. The van der Waals surface area contributed by atoms with Gasteiger partial charge in [0.1, 0.15) is 5.75 Å². The van der Waals surface area contributed by atoms with Crippen LogP contribution in [0.5, 0.6) is 5.75 Å². The van der Waals surface area contributed by atoms with Crippen LogP contribution in [0.3, 0.4) is 0 Å². The van der Waals surface area contributed by atoms with Gasteiger partial charge in [-0.15, -0.1) is 0 Å². The summed E-state index contributed by atoms with van der Waals surface area (Å²) in [6, 6.07) is 11.3. The maximum Gasteiger partial charge on any atom is 0.255 e. The molecule has 2 aromatic rings. The quantitative estimate of drug-likeness (QED) is 0.906. The molecule has 0 radical (unpaired) electrons. The summed E-state index contributed by atoms with van der Waals surface area (Å²) in [7, 11) is 0. The van der Waals surface area contributed by atoms with Crippen molar-refractivity contribution in [3.8, 4) is 5.75 Å². The van der Waals surface area contributed by atoms with Crippen molar-refractivity contribution < 1.29 is 14.3 Å². The number of carbonyl (C=O) groups is 2. The van der Waals surface area contributed by atoms with Crippen molar-refractivity contribution in [2.75, 3.05) is 32.8 Å². The number of rotatable bonds is 5. The lowest BCUT2D eigenvalue weighted by molar-refractivity contribution is -0.131. The fraction of sp³-hybridized carbons (Fsp3) is 0.368. The van der Waals surface area contributed by atoms with E-state index in [1.54, 1.807) is 18.5 Å². The van der Waals surface area contributed by atoms with Crippen LogP contribution in [0.1, 0.15) is 23.2 Å². The molecule has 2 amide bonds. The molecule has 6 nitrogen and oxygen atoms in total. The van der Waals surface area contributed by atoms with Crippen LogP contribution in [-0.2, 0) is 4.79 Å². The number of benzene rings is 1. The molecular weight excluding hydrogens is 318 g/mol. The van der Waals surface area contributed by atoms with Gasteiger partial charge < -0.3 is 19.5 Å². The molecule has 3 rings (SSSR count). The lowest BCUT2D eigenvalue weighted by Crippen LogP contribution is -2.37. The van der Waals surface area contributed by atoms with E-state index in [0.717, 1.165) is 12.2 Å². The first kappa shape index (κ1) is 17.1. The Bertz CT molecular complexity index is 685. The Labute approximate surface area is 147 Å². The van der Waals surface area contributed by atoms with E-state index < -0.39 is 0 Å². The van der Waals surface area contributed by atoms with Gasteiger partial charge in [0.2, 0.25) is 5.91 Å². The van der Waals surface area contributed by atoms with Gasteiger partial charge in [0.15, 0.2) is 0 Å². The van der Waals surface area contributed by atoms with E-state index >= 15 is 0 Å². The maximum absolute atomic E-state index is 12.4. The predicted octanol–water partition coefficient (Wildman–Crippen LogP) is 2.16. The molecule has 1 aromatic heterocycles. The first-order chi connectivity index (χ1) is 12.2. The van der Waals surface area contributed by atoms with Gasteiger partial charge in [-0.05, 0) is 24.6 Å². The van der Waals surface area contributed by atoms with E-state index in [2.05, 4.69) is 4.98 Å². The van der Waals surface area contributed by atoms with Crippen molar-refractivity contribution in [3.63, 3.8) is 0 Å². The van der Waals surface area contributed by atoms with E-state index in [0.29, 0.717) is 44.8 Å². The van der Waals surface area contributed by atoms with Gasteiger partial charge in [-0.1, -0.05) is 18.2 Å². The Morgan fingerprint density at radius 1 is 1.00 bits per heavy atom. The molecule has 6 heteroatoms. The molecule has 1 aliphatic rings. The lowest BCUT2D eigenvalue weighted by atomic mass is 10.3. The van der Waals surface area contributed by atoms with E-state index in [9.17, 15) is 9.59 Å². The van der Waals surface area contributed by atoms with Crippen LogP contribution in [0.4, 0.5) is 0 Å². The SMILES string of the molecule is O=C(CCOc1ccccc1)N1CCCN(C(=O)c2cc[nH]c2)CC1. The molecular formula is C19H23N3O3. The number of para-hydroxylation sites is 1. The van der Waals surface area contributed by atoms with E-state index in [1.807, 2.05) is 40.1 Å². The molecule has 0 unspecified atom stereocenters. The van der Waals surface area contributed by atoms with Crippen molar-refractivity contribution in [3.05, 3.63) is 54.4 Å². The van der Waals surface area contributed by atoms with Crippen LogP contribution in [0, 0.1) is 0 Å². The molecule has 1 aromatic carbocycles. The summed E-state index contributed by atoms with van der Waals surface area (Å²) in [6.45, 7) is 2.86. The van der Waals surface area contributed by atoms with Gasteiger partial charge in [0.25, 0.3) is 5.91 Å². The zero-order valence-corrected chi connectivity index (χ0v) is 14.2. The number of aromatic nitrogens is 1. The molecule has 0 bridgehead atoms. The van der Waals surface area contributed by atoms with Gasteiger partial charge in [0, 0.05) is 38.6 Å². The molecule has 1 fully saturated rings. The summed E-state index contributed by atoms with van der Waals surface area (Å²) in [4.78, 5) is 31.3. The maximum atomic E-state index is 12.4. The average molecular weight is 341 g/mol. The Balaban J connectivity index is 1.45. The second-order valence-electron chi connectivity index (χ2n) is 6.04. The van der Waals surface area contributed by atoms with Crippen molar-refractivity contribution in [1.29, 1.82) is 0 Å². The second kappa shape index (κ2) is 8.37. The van der Waals surface area contributed by atoms with Gasteiger partial charge in [-0.25, -0.2) is 0 Å². The fourth-order valence-corrected chi connectivity index (χ4v) is 2.94. The molecule has 25 heavy (non-hydrogen) atoms. The minimum Gasteiger partial charge on any atom is -0.493 e. The van der Waals surface area contributed by atoms with Gasteiger partial charge in [-0.2, -0.15) is 0 Å². The van der Waals surface area contributed by atoms with Gasteiger partial charge >= 0.3 is 0 Å². The van der Waals surface area contributed by atoms with E-state index in [-0.39, 0.29) is 11.8 Å².